The van der Waals surface area contributed by atoms with Crippen LogP contribution in [-0.2, 0) is 19.1 Å². The summed E-state index contributed by atoms with van der Waals surface area (Å²) in [6.07, 6.45) is 0. The highest BCUT2D eigenvalue weighted by molar-refractivity contribution is 9.10. The third-order valence-electron chi connectivity index (χ3n) is 3.59. The molecule has 0 saturated heterocycles. The van der Waals surface area contributed by atoms with Crippen LogP contribution >= 0.6 is 15.9 Å². The number of methoxy groups -OCH3 is 2. The lowest BCUT2D eigenvalue weighted by Gasteiger charge is -2.15. The summed E-state index contributed by atoms with van der Waals surface area (Å²) in [6, 6.07) is 4.76. The van der Waals surface area contributed by atoms with Crippen LogP contribution in [0.15, 0.2) is 33.9 Å². The van der Waals surface area contributed by atoms with Crippen molar-refractivity contribution >= 4 is 39.5 Å². The van der Waals surface area contributed by atoms with E-state index in [0.717, 1.165) is 0 Å². The van der Waals surface area contributed by atoms with Gasteiger partial charge in [-0.1, -0.05) is 0 Å². The molecule has 25 heavy (non-hydrogen) atoms. The summed E-state index contributed by atoms with van der Waals surface area (Å²) < 4.78 is 9.95. The van der Waals surface area contributed by atoms with Gasteiger partial charge >= 0.3 is 11.9 Å². The van der Waals surface area contributed by atoms with Gasteiger partial charge in [-0.3, -0.25) is 4.79 Å². The number of esters is 2. The molecule has 8 nitrogen and oxygen atoms in total. The fourth-order valence-corrected chi connectivity index (χ4v) is 2.77. The summed E-state index contributed by atoms with van der Waals surface area (Å²) >= 11 is 3.26. The molecule has 0 atom stereocenters. The van der Waals surface area contributed by atoms with E-state index in [-0.39, 0.29) is 36.5 Å². The molecule has 0 unspecified atom stereocenters. The van der Waals surface area contributed by atoms with Gasteiger partial charge in [-0.15, -0.1) is 0 Å². The number of anilines is 1. The van der Waals surface area contributed by atoms with E-state index >= 15 is 0 Å². The lowest BCUT2D eigenvalue weighted by atomic mass is 10.2. The number of aliphatic hydroxyl groups excluding tert-OH is 1. The molecule has 1 aromatic carbocycles. The van der Waals surface area contributed by atoms with Crippen molar-refractivity contribution in [3.63, 3.8) is 0 Å². The smallest absolute Gasteiger partial charge is 0.339 e. The highest BCUT2D eigenvalue weighted by atomic mass is 79.9. The number of nitrogens with one attached hydrogen (secondary N) is 1. The zero-order valence-corrected chi connectivity index (χ0v) is 15.3. The van der Waals surface area contributed by atoms with Gasteiger partial charge in [-0.2, -0.15) is 0 Å². The number of aliphatic hydroxyl groups is 1. The molecule has 9 heteroatoms. The zero-order chi connectivity index (χ0) is 18.6. The predicted molar refractivity (Wildman–Crippen MR) is 91.8 cm³/mol. The van der Waals surface area contributed by atoms with Crippen LogP contribution in [-0.4, -0.2) is 61.8 Å². The van der Waals surface area contributed by atoms with E-state index in [9.17, 15) is 14.4 Å². The first kappa shape index (κ1) is 18.9. The van der Waals surface area contributed by atoms with Gasteiger partial charge in [0.05, 0.1) is 38.5 Å². The topological polar surface area (TPSA) is 105 Å². The maximum Gasteiger partial charge on any atom is 0.339 e. The standard InChI is InChI=1S/C16H17BrN2O6/c1-24-15(22)10-7-9(3-4-12(10)17)18-13-11(16(23)25-2)8-19(5-6-20)14(13)21/h3-4,7,18,20H,5-6,8H2,1-2H3. The van der Waals surface area contributed by atoms with Gasteiger partial charge < -0.3 is 24.8 Å². The minimum absolute atomic E-state index is 0.0365. The maximum absolute atomic E-state index is 12.5. The van der Waals surface area contributed by atoms with Crippen molar-refractivity contribution in [2.24, 2.45) is 0 Å². The van der Waals surface area contributed by atoms with Crippen molar-refractivity contribution in [3.8, 4) is 0 Å². The second-order valence-electron chi connectivity index (χ2n) is 5.11. The normalized spacial score (nSPS) is 13.9. The zero-order valence-electron chi connectivity index (χ0n) is 13.7. The number of β-amino-alcohol motifs (C(OH)–C–C–N with tert-alkyl or cyclic N) is 1. The summed E-state index contributed by atoms with van der Waals surface area (Å²) in [5, 5.41) is 11.9. The summed E-state index contributed by atoms with van der Waals surface area (Å²) in [4.78, 5) is 37.5. The Labute approximate surface area is 152 Å². The van der Waals surface area contributed by atoms with E-state index in [2.05, 4.69) is 21.2 Å². The Morgan fingerprint density at radius 1 is 1.28 bits per heavy atom. The Hall–Kier alpha value is -2.39. The molecule has 1 heterocycles. The third kappa shape index (κ3) is 3.99. The molecular weight excluding hydrogens is 396 g/mol. The second kappa shape index (κ2) is 8.13. The van der Waals surface area contributed by atoms with Crippen molar-refractivity contribution < 1.29 is 29.0 Å². The number of carbonyl (C=O) groups is 3. The molecule has 1 aliphatic heterocycles. The molecule has 0 aliphatic carbocycles. The van der Waals surface area contributed by atoms with Crippen LogP contribution in [0.5, 0.6) is 0 Å². The summed E-state index contributed by atoms with van der Waals surface area (Å²) in [7, 11) is 2.49. The first-order chi connectivity index (χ1) is 11.9. The van der Waals surface area contributed by atoms with Crippen LogP contribution < -0.4 is 5.32 Å². The van der Waals surface area contributed by atoms with Crippen molar-refractivity contribution in [3.05, 3.63) is 39.5 Å². The summed E-state index contributed by atoms with van der Waals surface area (Å²) in [5.74, 6) is -1.61. The fraction of sp³-hybridized carbons (Fsp3) is 0.312. The Morgan fingerprint density at radius 2 is 1.96 bits per heavy atom. The van der Waals surface area contributed by atoms with Crippen LogP contribution in [0.25, 0.3) is 0 Å². The van der Waals surface area contributed by atoms with Gasteiger partial charge in [0.25, 0.3) is 5.91 Å². The highest BCUT2D eigenvalue weighted by Gasteiger charge is 2.34. The molecule has 2 rings (SSSR count). The van der Waals surface area contributed by atoms with Crippen molar-refractivity contribution in [2.75, 3.05) is 39.2 Å². The molecule has 0 spiro atoms. The van der Waals surface area contributed by atoms with Crippen molar-refractivity contribution in [2.45, 2.75) is 0 Å². The number of benzene rings is 1. The van der Waals surface area contributed by atoms with Crippen molar-refractivity contribution in [1.29, 1.82) is 0 Å². The van der Waals surface area contributed by atoms with E-state index in [1.165, 1.54) is 25.2 Å². The Bertz CT molecular complexity index is 746. The quantitative estimate of drug-likeness (QED) is 0.668. The van der Waals surface area contributed by atoms with E-state index in [4.69, 9.17) is 14.6 Å². The average Bonchev–Trinajstić information content (AvgIpc) is 2.92. The highest BCUT2D eigenvalue weighted by Crippen LogP contribution is 2.26. The van der Waals surface area contributed by atoms with Gasteiger partial charge in [-0.25, -0.2) is 9.59 Å². The van der Waals surface area contributed by atoms with Gasteiger partial charge in [0, 0.05) is 16.7 Å². The lowest BCUT2D eigenvalue weighted by Crippen LogP contribution is -2.31. The molecule has 1 aromatic rings. The molecule has 0 saturated carbocycles. The number of carbonyl (C=O) groups excluding carboxylic acids is 3. The van der Waals surface area contributed by atoms with E-state index in [0.29, 0.717) is 10.2 Å². The summed E-state index contributed by atoms with van der Waals surface area (Å²) in [6.45, 7) is -0.0920. The third-order valence-corrected chi connectivity index (χ3v) is 4.29. The molecule has 0 radical (unpaired) electrons. The number of ether oxygens (including phenoxy) is 2. The SMILES string of the molecule is COC(=O)C1=C(Nc2ccc(Br)c(C(=O)OC)c2)C(=O)N(CCO)C1. The maximum atomic E-state index is 12.5. The molecular formula is C16H17BrN2O6. The number of rotatable bonds is 6. The van der Waals surface area contributed by atoms with Gasteiger partial charge in [-0.05, 0) is 34.1 Å². The number of halogens is 1. The average molecular weight is 413 g/mol. The largest absolute Gasteiger partial charge is 0.466 e. The van der Waals surface area contributed by atoms with Crippen LogP contribution in [0.2, 0.25) is 0 Å². The monoisotopic (exact) mass is 412 g/mol. The van der Waals surface area contributed by atoms with Gasteiger partial charge in [0.1, 0.15) is 5.70 Å². The van der Waals surface area contributed by atoms with Gasteiger partial charge in [0.2, 0.25) is 0 Å². The molecule has 0 bridgehead atoms. The molecule has 2 N–H and O–H groups in total. The second-order valence-corrected chi connectivity index (χ2v) is 5.96. The first-order valence-corrected chi connectivity index (χ1v) is 8.08. The number of hydrogen-bond donors (Lipinski definition) is 2. The molecule has 0 aromatic heterocycles. The number of hydrogen-bond acceptors (Lipinski definition) is 7. The van der Waals surface area contributed by atoms with Crippen LogP contribution in [0.3, 0.4) is 0 Å². The van der Waals surface area contributed by atoms with Crippen LogP contribution in [0.4, 0.5) is 5.69 Å². The van der Waals surface area contributed by atoms with Gasteiger partial charge in [0.15, 0.2) is 0 Å². The molecule has 1 aliphatic rings. The fourth-order valence-electron chi connectivity index (χ4n) is 2.36. The van der Waals surface area contributed by atoms with Crippen LogP contribution in [0, 0.1) is 0 Å². The van der Waals surface area contributed by atoms with E-state index in [1.54, 1.807) is 12.1 Å². The van der Waals surface area contributed by atoms with Crippen LogP contribution in [0.1, 0.15) is 10.4 Å². The number of amides is 1. The minimum atomic E-state index is -0.637. The first-order valence-electron chi connectivity index (χ1n) is 7.29. The minimum Gasteiger partial charge on any atom is -0.466 e. The predicted octanol–water partition coefficient (Wildman–Crippen LogP) is 0.909. The molecule has 0 fully saturated rings. The van der Waals surface area contributed by atoms with E-state index in [1.807, 2.05) is 0 Å². The Morgan fingerprint density at radius 3 is 2.56 bits per heavy atom. The van der Waals surface area contributed by atoms with E-state index < -0.39 is 17.8 Å². The Kier molecular flexibility index (Phi) is 6.16. The molecule has 1 amide bonds. The molecule has 134 valence electrons. The Balaban J connectivity index is 2.37. The number of nitrogens with zero attached hydrogens (tertiary/aromatic N) is 1. The summed E-state index contributed by atoms with van der Waals surface area (Å²) in [5.41, 5.74) is 0.909. The van der Waals surface area contributed by atoms with Crippen molar-refractivity contribution in [1.82, 2.24) is 4.90 Å². The lowest BCUT2D eigenvalue weighted by molar-refractivity contribution is -0.136.